The highest BCUT2D eigenvalue weighted by atomic mass is 35.5. The minimum atomic E-state index is 0.112. The summed E-state index contributed by atoms with van der Waals surface area (Å²) < 4.78 is 0. The first-order chi connectivity index (χ1) is 10.5. The molecule has 0 saturated heterocycles. The van der Waals surface area contributed by atoms with E-state index in [4.69, 9.17) is 11.6 Å². The maximum atomic E-state index is 9.47. The van der Waals surface area contributed by atoms with E-state index in [2.05, 4.69) is 24.1 Å². The zero-order valence-electron chi connectivity index (χ0n) is 12.7. The van der Waals surface area contributed by atoms with E-state index in [0.717, 1.165) is 29.1 Å². The van der Waals surface area contributed by atoms with Crippen LogP contribution in [0.4, 0.5) is 0 Å². The van der Waals surface area contributed by atoms with Crippen LogP contribution in [0.5, 0.6) is 5.75 Å². The minimum Gasteiger partial charge on any atom is -0.506 e. The summed E-state index contributed by atoms with van der Waals surface area (Å²) in [5, 5.41) is 12.0. The van der Waals surface area contributed by atoms with Gasteiger partial charge in [0.1, 0.15) is 5.75 Å². The molecule has 0 spiro atoms. The van der Waals surface area contributed by atoms with Crippen molar-refractivity contribution < 1.29 is 5.11 Å². The van der Waals surface area contributed by atoms with Crippen molar-refractivity contribution in [2.45, 2.75) is 13.1 Å². The Morgan fingerprint density at radius 1 is 1.23 bits per heavy atom. The van der Waals surface area contributed by atoms with Gasteiger partial charge < -0.3 is 5.11 Å². The van der Waals surface area contributed by atoms with Crippen molar-refractivity contribution in [2.24, 2.45) is 0 Å². The van der Waals surface area contributed by atoms with Crippen LogP contribution < -0.4 is 10.4 Å². The molecule has 2 aromatic carbocycles. The van der Waals surface area contributed by atoms with Gasteiger partial charge in [-0.15, -0.1) is 0 Å². The van der Waals surface area contributed by atoms with Crippen LogP contribution in [0.15, 0.2) is 49.1 Å². The predicted molar refractivity (Wildman–Crippen MR) is 94.2 cm³/mol. The molecule has 0 aliphatic rings. The van der Waals surface area contributed by atoms with E-state index in [1.54, 1.807) is 18.2 Å². The number of phenolic OH excluding ortho intramolecular Hbond substituents is 1. The van der Waals surface area contributed by atoms with Crippen molar-refractivity contribution >= 4 is 24.3 Å². The fourth-order valence-electron chi connectivity index (χ4n) is 2.44. The molecule has 0 aromatic heterocycles. The lowest BCUT2D eigenvalue weighted by atomic mass is 10.1. The summed E-state index contributed by atoms with van der Waals surface area (Å²) in [5.74, 6) is 0.112. The van der Waals surface area contributed by atoms with Gasteiger partial charge in [-0.05, 0) is 40.7 Å². The van der Waals surface area contributed by atoms with E-state index in [9.17, 15) is 5.11 Å². The first-order valence-corrected chi connectivity index (χ1v) is 7.44. The van der Waals surface area contributed by atoms with E-state index in [1.165, 1.54) is 5.56 Å². The molecule has 1 N–H and O–H groups in total. The van der Waals surface area contributed by atoms with Gasteiger partial charge >= 0.3 is 0 Å². The van der Waals surface area contributed by atoms with Crippen LogP contribution in [0.25, 0.3) is 12.7 Å². The summed E-state index contributed by atoms with van der Waals surface area (Å²) >= 11 is 5.95. The fraction of sp³-hybridized carbons (Fsp3) is 0.158. The van der Waals surface area contributed by atoms with Crippen molar-refractivity contribution in [3.8, 4) is 5.75 Å². The number of hydrogen-bond acceptors (Lipinski definition) is 2. The molecule has 0 radical (unpaired) electrons. The van der Waals surface area contributed by atoms with Crippen LogP contribution >= 0.6 is 11.6 Å². The number of phenols is 1. The summed E-state index contributed by atoms with van der Waals surface area (Å²) in [6.45, 7) is 9.38. The summed E-state index contributed by atoms with van der Waals surface area (Å²) in [6, 6.07) is 11.4. The molecule has 0 unspecified atom stereocenters. The zero-order valence-corrected chi connectivity index (χ0v) is 13.5. The van der Waals surface area contributed by atoms with Gasteiger partial charge in [0, 0.05) is 13.1 Å². The van der Waals surface area contributed by atoms with Gasteiger partial charge in [0.25, 0.3) is 0 Å². The van der Waals surface area contributed by atoms with E-state index in [1.807, 2.05) is 31.3 Å². The van der Waals surface area contributed by atoms with Crippen molar-refractivity contribution in [2.75, 3.05) is 7.05 Å². The molecule has 3 heteroatoms. The van der Waals surface area contributed by atoms with Crippen molar-refractivity contribution in [3.05, 3.63) is 75.6 Å². The standard InChI is InChI=1S/C19H20ClNO/c1-4-6-17-14(2)7-5-8-16(17)13-21(3)12-15-9-10-19(22)18(20)11-15/h4-11,22H,1-2,12-13H2,3H3/b17-6+. The molecule has 0 saturated carbocycles. The van der Waals surface area contributed by atoms with Crippen LogP contribution in [0, 0.1) is 0 Å². The molecule has 0 atom stereocenters. The summed E-state index contributed by atoms with van der Waals surface area (Å²) in [5.41, 5.74) is 2.27. The molecule has 0 bridgehead atoms. The Morgan fingerprint density at radius 2 is 2.00 bits per heavy atom. The molecule has 2 nitrogen and oxygen atoms in total. The maximum absolute atomic E-state index is 9.47. The Hall–Kier alpha value is -2.03. The maximum Gasteiger partial charge on any atom is 0.134 e. The van der Waals surface area contributed by atoms with Crippen LogP contribution in [0.1, 0.15) is 11.1 Å². The van der Waals surface area contributed by atoms with Gasteiger partial charge in [-0.1, -0.05) is 61.2 Å². The predicted octanol–water partition coefficient (Wildman–Crippen LogP) is 3.05. The average molecular weight is 314 g/mol. The molecular weight excluding hydrogens is 294 g/mol. The fourth-order valence-corrected chi connectivity index (χ4v) is 2.65. The molecule has 114 valence electrons. The Labute approximate surface area is 136 Å². The third-order valence-corrected chi connectivity index (χ3v) is 3.78. The van der Waals surface area contributed by atoms with Crippen LogP contribution in [0.2, 0.25) is 5.02 Å². The second-order valence-electron chi connectivity index (χ2n) is 5.35. The lowest BCUT2D eigenvalue weighted by Gasteiger charge is -2.17. The van der Waals surface area contributed by atoms with Crippen LogP contribution in [0.3, 0.4) is 0 Å². The topological polar surface area (TPSA) is 23.5 Å². The van der Waals surface area contributed by atoms with Crippen molar-refractivity contribution in [3.63, 3.8) is 0 Å². The molecule has 2 rings (SSSR count). The number of nitrogens with zero attached hydrogens (tertiary/aromatic N) is 1. The third-order valence-electron chi connectivity index (χ3n) is 3.48. The number of halogens is 1. The molecule has 0 aliphatic heterocycles. The largest absolute Gasteiger partial charge is 0.506 e. The molecular formula is C19H20ClNO. The second-order valence-corrected chi connectivity index (χ2v) is 5.76. The highest BCUT2D eigenvalue weighted by Gasteiger charge is 2.05. The Morgan fingerprint density at radius 3 is 2.68 bits per heavy atom. The molecule has 0 amide bonds. The van der Waals surface area contributed by atoms with Gasteiger partial charge in [-0.3, -0.25) is 4.90 Å². The zero-order chi connectivity index (χ0) is 16.1. The smallest absolute Gasteiger partial charge is 0.134 e. The quantitative estimate of drug-likeness (QED) is 0.917. The number of hydrogen-bond donors (Lipinski definition) is 1. The number of aromatic hydroxyl groups is 1. The Kier molecular flexibility index (Phi) is 5.42. The lowest BCUT2D eigenvalue weighted by molar-refractivity contribution is 0.318. The highest BCUT2D eigenvalue weighted by Crippen LogP contribution is 2.24. The minimum absolute atomic E-state index is 0.112. The van der Waals surface area contributed by atoms with E-state index >= 15 is 0 Å². The lowest BCUT2D eigenvalue weighted by Crippen LogP contribution is -2.30. The Balaban J connectivity index is 2.19. The van der Waals surface area contributed by atoms with E-state index < -0.39 is 0 Å². The summed E-state index contributed by atoms with van der Waals surface area (Å²) in [6.07, 6.45) is 3.77. The van der Waals surface area contributed by atoms with Crippen LogP contribution in [-0.4, -0.2) is 17.1 Å². The number of allylic oxidation sites excluding steroid dienone is 1. The summed E-state index contributed by atoms with van der Waals surface area (Å²) in [4.78, 5) is 2.19. The molecule has 0 heterocycles. The first-order valence-electron chi connectivity index (χ1n) is 7.07. The van der Waals surface area contributed by atoms with Crippen LogP contribution in [-0.2, 0) is 13.1 Å². The molecule has 2 aromatic rings. The monoisotopic (exact) mass is 313 g/mol. The van der Waals surface area contributed by atoms with Gasteiger partial charge in [0.2, 0.25) is 0 Å². The van der Waals surface area contributed by atoms with E-state index in [-0.39, 0.29) is 5.75 Å². The average Bonchev–Trinajstić information content (AvgIpc) is 2.46. The van der Waals surface area contributed by atoms with Crippen molar-refractivity contribution in [1.82, 2.24) is 4.90 Å². The third kappa shape index (κ3) is 4.00. The second kappa shape index (κ2) is 7.30. The normalized spacial score (nSPS) is 11.9. The van der Waals surface area contributed by atoms with Gasteiger partial charge in [0.15, 0.2) is 0 Å². The van der Waals surface area contributed by atoms with Gasteiger partial charge in [0.05, 0.1) is 5.02 Å². The molecule has 22 heavy (non-hydrogen) atoms. The van der Waals surface area contributed by atoms with Crippen molar-refractivity contribution in [1.29, 1.82) is 0 Å². The number of benzene rings is 2. The Bertz CT molecular complexity index is 783. The van der Waals surface area contributed by atoms with Gasteiger partial charge in [-0.2, -0.15) is 0 Å². The summed E-state index contributed by atoms with van der Waals surface area (Å²) in [7, 11) is 2.05. The number of rotatable bonds is 5. The SMILES string of the molecule is C=C/C=c1/c(CN(C)Cc2ccc(O)c(Cl)c2)cccc1=C. The molecule has 0 aliphatic carbocycles. The van der Waals surface area contributed by atoms with E-state index in [0.29, 0.717) is 5.02 Å². The first kappa shape index (κ1) is 16.3. The highest BCUT2D eigenvalue weighted by molar-refractivity contribution is 6.32. The molecule has 0 fully saturated rings. The van der Waals surface area contributed by atoms with Gasteiger partial charge in [-0.25, -0.2) is 0 Å².